The van der Waals surface area contributed by atoms with Crippen molar-refractivity contribution in [2.75, 3.05) is 0 Å². The Morgan fingerprint density at radius 1 is 1.31 bits per heavy atom. The molecule has 1 atom stereocenters. The van der Waals surface area contributed by atoms with Gasteiger partial charge in [-0.15, -0.1) is 0 Å². The molecule has 0 spiro atoms. The largest absolute Gasteiger partial charge is 0.261 e. The maximum absolute atomic E-state index is 4.31. The first kappa shape index (κ1) is 14.4. The van der Waals surface area contributed by atoms with Crippen molar-refractivity contribution in [1.82, 2.24) is 4.98 Å². The SMILES string of the molecule is C=C/C=C(\C=C)C(C)c1ccccn1.CC. The average molecular weight is 215 g/mol. The molecule has 0 bridgehead atoms. The van der Waals surface area contributed by atoms with Crippen molar-refractivity contribution >= 4 is 0 Å². The fraction of sp³-hybridized carbons (Fsp3) is 0.267. The van der Waals surface area contributed by atoms with Crippen LogP contribution in [0.4, 0.5) is 0 Å². The van der Waals surface area contributed by atoms with Crippen LogP contribution in [0.3, 0.4) is 0 Å². The fourth-order valence-corrected chi connectivity index (χ4v) is 1.33. The smallest absolute Gasteiger partial charge is 0.0475 e. The van der Waals surface area contributed by atoms with E-state index in [1.54, 1.807) is 12.3 Å². The molecule has 1 aromatic heterocycles. The van der Waals surface area contributed by atoms with E-state index in [1.165, 1.54) is 0 Å². The van der Waals surface area contributed by atoms with E-state index in [4.69, 9.17) is 0 Å². The summed E-state index contributed by atoms with van der Waals surface area (Å²) < 4.78 is 0. The second kappa shape index (κ2) is 8.66. The highest BCUT2D eigenvalue weighted by Crippen LogP contribution is 2.22. The molecule has 0 aliphatic heterocycles. The Bertz CT molecular complexity index is 336. The highest BCUT2D eigenvalue weighted by molar-refractivity contribution is 5.31. The van der Waals surface area contributed by atoms with E-state index >= 15 is 0 Å². The number of allylic oxidation sites excluding steroid dienone is 4. The lowest BCUT2D eigenvalue weighted by Gasteiger charge is -2.11. The first-order valence-corrected chi connectivity index (χ1v) is 5.65. The van der Waals surface area contributed by atoms with E-state index in [-0.39, 0.29) is 5.92 Å². The summed E-state index contributed by atoms with van der Waals surface area (Å²) in [6.07, 6.45) is 7.39. The maximum Gasteiger partial charge on any atom is 0.0475 e. The molecule has 1 nitrogen and oxygen atoms in total. The minimum Gasteiger partial charge on any atom is -0.261 e. The molecule has 0 aliphatic carbocycles. The van der Waals surface area contributed by atoms with E-state index in [0.717, 1.165) is 11.3 Å². The Morgan fingerprint density at radius 3 is 2.44 bits per heavy atom. The molecule has 1 heterocycles. The standard InChI is InChI=1S/C13H15N.C2H6/c1-4-8-12(5-2)11(3)13-9-6-7-10-14-13;1-2/h4-11H,1-2H2,3H3;1-2H3/b12-8+;. The zero-order valence-corrected chi connectivity index (χ0v) is 10.5. The van der Waals surface area contributed by atoms with Crippen molar-refractivity contribution in [1.29, 1.82) is 0 Å². The van der Waals surface area contributed by atoms with Gasteiger partial charge in [-0.3, -0.25) is 4.98 Å². The topological polar surface area (TPSA) is 12.9 Å². The minimum absolute atomic E-state index is 0.270. The van der Waals surface area contributed by atoms with Gasteiger partial charge in [0.2, 0.25) is 0 Å². The Balaban J connectivity index is 0.00000106. The average Bonchev–Trinajstić information content (AvgIpc) is 2.38. The molecule has 86 valence electrons. The summed E-state index contributed by atoms with van der Waals surface area (Å²) in [5.74, 6) is 0.270. The van der Waals surface area contributed by atoms with Crippen molar-refractivity contribution in [3.8, 4) is 0 Å². The van der Waals surface area contributed by atoms with Gasteiger partial charge in [0.05, 0.1) is 0 Å². The first-order valence-electron chi connectivity index (χ1n) is 5.65. The van der Waals surface area contributed by atoms with Crippen molar-refractivity contribution < 1.29 is 0 Å². The van der Waals surface area contributed by atoms with Crippen LogP contribution in [0, 0.1) is 0 Å². The number of hydrogen-bond donors (Lipinski definition) is 0. The summed E-state index contributed by atoms with van der Waals surface area (Å²) in [5, 5.41) is 0. The van der Waals surface area contributed by atoms with Crippen molar-refractivity contribution in [3.63, 3.8) is 0 Å². The van der Waals surface area contributed by atoms with Gasteiger partial charge < -0.3 is 0 Å². The second-order valence-corrected chi connectivity index (χ2v) is 3.08. The Hall–Kier alpha value is -1.63. The van der Waals surface area contributed by atoms with Gasteiger partial charge in [0.15, 0.2) is 0 Å². The summed E-state index contributed by atoms with van der Waals surface area (Å²) in [5.41, 5.74) is 2.19. The van der Waals surface area contributed by atoms with E-state index < -0.39 is 0 Å². The molecule has 0 fully saturated rings. The minimum atomic E-state index is 0.270. The van der Waals surface area contributed by atoms with Gasteiger partial charge >= 0.3 is 0 Å². The van der Waals surface area contributed by atoms with Crippen LogP contribution in [0.5, 0.6) is 0 Å². The lowest BCUT2D eigenvalue weighted by atomic mass is 9.97. The third-order valence-electron chi connectivity index (χ3n) is 2.18. The predicted octanol–water partition coefficient (Wildman–Crippen LogP) is 4.51. The van der Waals surface area contributed by atoms with Crippen LogP contribution in [0.1, 0.15) is 32.4 Å². The molecule has 0 aliphatic rings. The molecule has 1 heteroatoms. The zero-order valence-electron chi connectivity index (χ0n) is 10.5. The third kappa shape index (κ3) is 4.26. The molecule has 1 unspecified atom stereocenters. The lowest BCUT2D eigenvalue weighted by Crippen LogP contribution is -1.98. The monoisotopic (exact) mass is 215 g/mol. The molecule has 0 N–H and O–H groups in total. The van der Waals surface area contributed by atoms with Crippen LogP contribution in [0.15, 0.2) is 61.4 Å². The number of hydrogen-bond acceptors (Lipinski definition) is 1. The molecule has 0 saturated carbocycles. The quantitative estimate of drug-likeness (QED) is 0.673. The van der Waals surface area contributed by atoms with E-state index in [0.29, 0.717) is 0 Å². The highest BCUT2D eigenvalue weighted by Gasteiger charge is 2.08. The Morgan fingerprint density at radius 2 is 2.00 bits per heavy atom. The van der Waals surface area contributed by atoms with Crippen LogP contribution >= 0.6 is 0 Å². The van der Waals surface area contributed by atoms with Gasteiger partial charge in [-0.2, -0.15) is 0 Å². The van der Waals surface area contributed by atoms with E-state index in [2.05, 4.69) is 25.1 Å². The molecule has 1 rings (SSSR count). The summed E-state index contributed by atoms with van der Waals surface area (Å²) in [6.45, 7) is 13.6. The van der Waals surface area contributed by atoms with Gasteiger partial charge in [0, 0.05) is 17.8 Å². The molecule has 0 saturated heterocycles. The molecule has 0 amide bonds. The van der Waals surface area contributed by atoms with Crippen molar-refractivity contribution in [3.05, 3.63) is 67.0 Å². The van der Waals surface area contributed by atoms with Gasteiger partial charge in [-0.1, -0.05) is 58.2 Å². The van der Waals surface area contributed by atoms with Crippen molar-refractivity contribution in [2.24, 2.45) is 0 Å². The number of aromatic nitrogens is 1. The van der Waals surface area contributed by atoms with Crippen LogP contribution in [-0.4, -0.2) is 4.98 Å². The zero-order chi connectivity index (χ0) is 12.4. The lowest BCUT2D eigenvalue weighted by molar-refractivity contribution is 0.871. The van der Waals surface area contributed by atoms with Gasteiger partial charge in [0.1, 0.15) is 0 Å². The van der Waals surface area contributed by atoms with Crippen molar-refractivity contribution in [2.45, 2.75) is 26.7 Å². The van der Waals surface area contributed by atoms with E-state index in [9.17, 15) is 0 Å². The number of nitrogens with zero attached hydrogens (tertiary/aromatic N) is 1. The van der Waals surface area contributed by atoms with Gasteiger partial charge in [0.25, 0.3) is 0 Å². The molecular formula is C15H21N. The molecule has 16 heavy (non-hydrogen) atoms. The Kier molecular flexibility index (Phi) is 7.78. The maximum atomic E-state index is 4.31. The molecular weight excluding hydrogens is 194 g/mol. The molecule has 0 radical (unpaired) electrons. The summed E-state index contributed by atoms with van der Waals surface area (Å²) in [6, 6.07) is 5.93. The second-order valence-electron chi connectivity index (χ2n) is 3.08. The molecule has 1 aromatic rings. The van der Waals surface area contributed by atoms with E-state index in [1.807, 2.05) is 44.2 Å². The van der Waals surface area contributed by atoms with Crippen LogP contribution in [0.2, 0.25) is 0 Å². The first-order chi connectivity index (χ1) is 7.79. The summed E-state index contributed by atoms with van der Waals surface area (Å²) in [7, 11) is 0. The summed E-state index contributed by atoms with van der Waals surface area (Å²) >= 11 is 0. The van der Waals surface area contributed by atoms with Crippen LogP contribution in [0.25, 0.3) is 0 Å². The predicted molar refractivity (Wildman–Crippen MR) is 72.5 cm³/mol. The number of rotatable bonds is 4. The van der Waals surface area contributed by atoms with Crippen LogP contribution < -0.4 is 0 Å². The van der Waals surface area contributed by atoms with Crippen LogP contribution in [-0.2, 0) is 0 Å². The Labute approximate surface area is 99.2 Å². The van der Waals surface area contributed by atoms with Gasteiger partial charge in [-0.25, -0.2) is 0 Å². The summed E-state index contributed by atoms with van der Waals surface area (Å²) in [4.78, 5) is 4.31. The van der Waals surface area contributed by atoms with Gasteiger partial charge in [-0.05, 0) is 17.7 Å². The normalized spacial score (nSPS) is 12.1. The highest BCUT2D eigenvalue weighted by atomic mass is 14.7. The molecule has 0 aromatic carbocycles. The number of pyridine rings is 1. The third-order valence-corrected chi connectivity index (χ3v) is 2.18. The fourth-order valence-electron chi connectivity index (χ4n) is 1.33.